The number of carbonyl (C=O) groups excluding carboxylic acids is 1. The number of para-hydroxylation sites is 3. The molecule has 124 valence electrons. The maximum atomic E-state index is 13.3. The second-order valence-electron chi connectivity index (χ2n) is 5.00. The molecule has 25 heavy (non-hydrogen) atoms. The number of rotatable bonds is 4. The van der Waals surface area contributed by atoms with Gasteiger partial charge in [-0.15, -0.1) is 0 Å². The fourth-order valence-corrected chi connectivity index (χ4v) is 2.07. The molecule has 0 saturated carbocycles. The van der Waals surface area contributed by atoms with Gasteiger partial charge in [0.2, 0.25) is 0 Å². The summed E-state index contributed by atoms with van der Waals surface area (Å²) in [7, 11) is 0. The molecule has 1 aromatic heterocycles. The normalized spacial score (nSPS) is 9.96. The summed E-state index contributed by atoms with van der Waals surface area (Å²) in [5.41, 5.74) is 1.60. The van der Waals surface area contributed by atoms with Crippen LogP contribution < -0.4 is 10.1 Å². The maximum Gasteiger partial charge on any atom is 0.272 e. The Morgan fingerprint density at radius 1 is 1.08 bits per heavy atom. The molecular weight excluding hydrogens is 321 g/mol. The lowest BCUT2D eigenvalue weighted by molar-refractivity contribution is 0.0953. The summed E-state index contributed by atoms with van der Waals surface area (Å²) < 4.78 is 18.5. The number of hydrogen-bond donors (Lipinski definition) is 1. The average molecular weight is 335 g/mol. The smallest absolute Gasteiger partial charge is 0.272 e. The van der Waals surface area contributed by atoms with Crippen molar-refractivity contribution >= 4 is 16.9 Å². The number of nitrogens with one attached hydrogen (secondary N) is 1. The molecule has 0 atom stereocenters. The summed E-state index contributed by atoms with van der Waals surface area (Å²) in [6, 6.07) is 13.4. The van der Waals surface area contributed by atoms with E-state index >= 15 is 0 Å². The van der Waals surface area contributed by atoms with Gasteiger partial charge in [-0.1, -0.05) is 36.1 Å². The van der Waals surface area contributed by atoms with Crippen molar-refractivity contribution < 1.29 is 13.9 Å². The molecule has 2 aromatic carbocycles. The first kappa shape index (κ1) is 16.4. The number of aromatic nitrogens is 2. The topological polar surface area (TPSA) is 64.1 Å². The van der Waals surface area contributed by atoms with E-state index < -0.39 is 5.82 Å². The van der Waals surface area contributed by atoms with E-state index in [4.69, 9.17) is 4.74 Å². The van der Waals surface area contributed by atoms with Crippen molar-refractivity contribution in [3.05, 3.63) is 66.2 Å². The van der Waals surface area contributed by atoms with Gasteiger partial charge in [0.25, 0.3) is 5.91 Å². The van der Waals surface area contributed by atoms with Gasteiger partial charge in [0, 0.05) is 0 Å². The van der Waals surface area contributed by atoms with Crippen LogP contribution in [0, 0.1) is 17.7 Å². The number of amides is 1. The second-order valence-corrected chi connectivity index (χ2v) is 5.00. The average Bonchev–Trinajstić information content (AvgIpc) is 2.65. The van der Waals surface area contributed by atoms with Gasteiger partial charge < -0.3 is 10.1 Å². The quantitative estimate of drug-likeness (QED) is 0.745. The predicted molar refractivity (Wildman–Crippen MR) is 91.5 cm³/mol. The van der Waals surface area contributed by atoms with E-state index in [0.717, 1.165) is 5.52 Å². The minimum atomic E-state index is -0.438. The van der Waals surface area contributed by atoms with Gasteiger partial charge in [0.1, 0.15) is 12.3 Å². The van der Waals surface area contributed by atoms with Crippen LogP contribution in [0.2, 0.25) is 0 Å². The molecule has 3 aromatic rings. The van der Waals surface area contributed by atoms with Crippen LogP contribution >= 0.6 is 0 Å². The number of fused-ring (bicyclic) bond motifs is 1. The van der Waals surface area contributed by atoms with Crippen LogP contribution in [0.25, 0.3) is 11.0 Å². The number of ether oxygens (including phenoxy) is 1. The summed E-state index contributed by atoms with van der Waals surface area (Å²) in [5, 5.41) is 2.63. The van der Waals surface area contributed by atoms with E-state index in [9.17, 15) is 9.18 Å². The first-order valence-electron chi connectivity index (χ1n) is 7.57. The molecule has 1 heterocycles. The highest BCUT2D eigenvalue weighted by molar-refractivity contribution is 5.93. The van der Waals surface area contributed by atoms with Crippen LogP contribution in [0.1, 0.15) is 10.5 Å². The molecule has 1 N–H and O–H groups in total. The van der Waals surface area contributed by atoms with Crippen molar-refractivity contribution in [3.63, 3.8) is 0 Å². The Labute approximate surface area is 143 Å². The molecule has 0 fully saturated rings. The van der Waals surface area contributed by atoms with Crippen LogP contribution in [0.15, 0.2) is 54.7 Å². The third-order valence-corrected chi connectivity index (χ3v) is 3.28. The molecule has 0 spiro atoms. The van der Waals surface area contributed by atoms with Gasteiger partial charge in [0.05, 0.1) is 23.8 Å². The first-order valence-corrected chi connectivity index (χ1v) is 7.57. The van der Waals surface area contributed by atoms with Crippen LogP contribution in [0.5, 0.6) is 5.75 Å². The molecule has 3 rings (SSSR count). The third kappa shape index (κ3) is 4.30. The Morgan fingerprint density at radius 2 is 1.84 bits per heavy atom. The molecular formula is C19H14FN3O2. The van der Waals surface area contributed by atoms with E-state index in [2.05, 4.69) is 27.1 Å². The number of benzene rings is 2. The second kappa shape index (κ2) is 7.88. The van der Waals surface area contributed by atoms with Crippen LogP contribution in [0.3, 0.4) is 0 Å². The van der Waals surface area contributed by atoms with E-state index in [-0.39, 0.29) is 30.5 Å². The van der Waals surface area contributed by atoms with Gasteiger partial charge in [-0.25, -0.2) is 9.37 Å². The molecule has 0 saturated heterocycles. The fraction of sp³-hybridized carbons (Fsp3) is 0.105. The zero-order valence-electron chi connectivity index (χ0n) is 13.2. The zero-order chi connectivity index (χ0) is 17.5. The maximum absolute atomic E-state index is 13.3. The lowest BCUT2D eigenvalue weighted by Crippen LogP contribution is -2.24. The standard InChI is InChI=1S/C19H14FN3O2/c20-14-7-1-4-10-18(14)25-12-6-5-11-21-19(24)17-13-22-15-8-2-3-9-16(15)23-17/h1-4,7-10,13H,11-12H2,(H,21,24). The van der Waals surface area contributed by atoms with E-state index in [1.54, 1.807) is 18.2 Å². The van der Waals surface area contributed by atoms with Crippen molar-refractivity contribution in [2.24, 2.45) is 0 Å². The van der Waals surface area contributed by atoms with Gasteiger partial charge in [-0.3, -0.25) is 9.78 Å². The molecule has 0 aliphatic rings. The molecule has 6 heteroatoms. The third-order valence-electron chi connectivity index (χ3n) is 3.28. The molecule has 0 bridgehead atoms. The molecule has 1 amide bonds. The van der Waals surface area contributed by atoms with Crippen molar-refractivity contribution in [3.8, 4) is 17.6 Å². The number of hydrogen-bond acceptors (Lipinski definition) is 4. The fourth-order valence-electron chi connectivity index (χ4n) is 2.07. The largest absolute Gasteiger partial charge is 0.478 e. The first-order chi connectivity index (χ1) is 12.2. The zero-order valence-corrected chi connectivity index (χ0v) is 13.2. The Kier molecular flexibility index (Phi) is 5.17. The molecule has 0 radical (unpaired) electrons. The van der Waals surface area contributed by atoms with Crippen molar-refractivity contribution in [2.45, 2.75) is 0 Å². The highest BCUT2D eigenvalue weighted by Crippen LogP contribution is 2.14. The van der Waals surface area contributed by atoms with E-state index in [1.807, 2.05) is 18.2 Å². The van der Waals surface area contributed by atoms with Crippen molar-refractivity contribution in [1.82, 2.24) is 15.3 Å². The summed E-state index contributed by atoms with van der Waals surface area (Å²) in [6.07, 6.45) is 1.42. The Balaban J connectivity index is 1.50. The Hall–Kier alpha value is -3.46. The SMILES string of the molecule is O=C(NCC#CCOc1ccccc1F)c1cnc2ccccc2n1. The van der Waals surface area contributed by atoms with E-state index in [1.165, 1.54) is 18.3 Å². The van der Waals surface area contributed by atoms with Gasteiger partial charge in [-0.05, 0) is 24.3 Å². The number of halogens is 1. The highest BCUT2D eigenvalue weighted by atomic mass is 19.1. The molecule has 0 aliphatic carbocycles. The predicted octanol–water partition coefficient (Wildman–Crippen LogP) is 2.58. The summed E-state index contributed by atoms with van der Waals surface area (Å²) in [5.74, 6) is 4.79. The molecule has 0 aliphatic heterocycles. The molecule has 0 unspecified atom stereocenters. The van der Waals surface area contributed by atoms with Crippen LogP contribution in [0.4, 0.5) is 4.39 Å². The summed E-state index contributed by atoms with van der Waals surface area (Å²) in [4.78, 5) is 20.5. The van der Waals surface area contributed by atoms with Gasteiger partial charge in [-0.2, -0.15) is 0 Å². The summed E-state index contributed by atoms with van der Waals surface area (Å²) >= 11 is 0. The van der Waals surface area contributed by atoms with E-state index in [0.29, 0.717) is 5.52 Å². The minimum Gasteiger partial charge on any atom is -0.478 e. The van der Waals surface area contributed by atoms with Crippen LogP contribution in [-0.4, -0.2) is 29.0 Å². The summed E-state index contributed by atoms with van der Waals surface area (Å²) in [6.45, 7) is 0.167. The van der Waals surface area contributed by atoms with Gasteiger partial charge >= 0.3 is 0 Å². The lowest BCUT2D eigenvalue weighted by atomic mass is 10.3. The Bertz CT molecular complexity index is 963. The molecule has 5 nitrogen and oxygen atoms in total. The monoisotopic (exact) mass is 335 g/mol. The van der Waals surface area contributed by atoms with Crippen molar-refractivity contribution in [2.75, 3.05) is 13.2 Å². The Morgan fingerprint density at radius 3 is 2.68 bits per heavy atom. The van der Waals surface area contributed by atoms with Crippen molar-refractivity contribution in [1.29, 1.82) is 0 Å². The number of carbonyl (C=O) groups is 1. The van der Waals surface area contributed by atoms with Gasteiger partial charge in [0.15, 0.2) is 11.6 Å². The number of nitrogens with zero attached hydrogens (tertiary/aromatic N) is 2. The lowest BCUT2D eigenvalue weighted by Gasteiger charge is -2.03. The highest BCUT2D eigenvalue weighted by Gasteiger charge is 2.07. The minimum absolute atomic E-state index is 0.0343. The van der Waals surface area contributed by atoms with Crippen LogP contribution in [-0.2, 0) is 0 Å².